The molecule has 0 aromatic heterocycles. The highest BCUT2D eigenvalue weighted by atomic mass is 16.5. The number of ketones is 1. The molecule has 1 aliphatic heterocycles. The van der Waals surface area contributed by atoms with Crippen molar-refractivity contribution in [2.24, 2.45) is 23.2 Å². The number of Topliss-reactive ketones (excluding diaryl/α,β-unsaturated/α-hetero) is 1. The number of carbonyl (C=O) groups is 4. The average molecular weight is 424 g/mol. The Morgan fingerprint density at radius 2 is 1.87 bits per heavy atom. The standard InChI is InChI=1S/C22H37N3O5/c1-13(2)16(25-21(29)30-12-22(3,4)5)19(27)24-17-15-8-6-7-14(11-15)9-10-23-20(28)18(17)26/h13-17H,6-12H2,1-5H3,(H,23,28)(H,24,27)(H,25,29). The van der Waals surface area contributed by atoms with Crippen molar-refractivity contribution in [3.8, 4) is 0 Å². The first-order chi connectivity index (χ1) is 14.0. The third-order valence-corrected chi connectivity index (χ3v) is 5.80. The molecular weight excluding hydrogens is 386 g/mol. The molecule has 1 aliphatic carbocycles. The Balaban J connectivity index is 2.10. The summed E-state index contributed by atoms with van der Waals surface area (Å²) in [6.45, 7) is 10.1. The molecule has 2 aliphatic rings. The third-order valence-electron chi connectivity index (χ3n) is 5.80. The Labute approximate surface area is 179 Å². The summed E-state index contributed by atoms with van der Waals surface area (Å²) in [7, 11) is 0. The lowest BCUT2D eigenvalue weighted by atomic mass is 9.76. The first-order valence-corrected chi connectivity index (χ1v) is 11.0. The number of carbonyl (C=O) groups excluding carboxylic acids is 4. The van der Waals surface area contributed by atoms with E-state index < -0.39 is 35.8 Å². The Kier molecular flexibility index (Phi) is 8.26. The van der Waals surface area contributed by atoms with Crippen molar-refractivity contribution in [3.05, 3.63) is 0 Å². The Morgan fingerprint density at radius 1 is 1.17 bits per heavy atom. The number of hydrogen-bond donors (Lipinski definition) is 3. The second kappa shape index (κ2) is 10.3. The molecule has 0 aromatic rings. The minimum Gasteiger partial charge on any atom is -0.449 e. The van der Waals surface area contributed by atoms with Gasteiger partial charge in [0.05, 0.1) is 6.61 Å². The molecule has 0 radical (unpaired) electrons. The van der Waals surface area contributed by atoms with Crippen LogP contribution in [0.2, 0.25) is 0 Å². The highest BCUT2D eigenvalue weighted by Crippen LogP contribution is 2.34. The van der Waals surface area contributed by atoms with E-state index in [0.29, 0.717) is 12.5 Å². The molecule has 4 atom stereocenters. The molecule has 30 heavy (non-hydrogen) atoms. The van der Waals surface area contributed by atoms with E-state index in [0.717, 1.165) is 32.1 Å². The summed E-state index contributed by atoms with van der Waals surface area (Å²) >= 11 is 0. The fraction of sp³-hybridized carbons (Fsp3) is 0.818. The van der Waals surface area contributed by atoms with E-state index in [1.54, 1.807) is 0 Å². The van der Waals surface area contributed by atoms with Crippen molar-refractivity contribution in [2.75, 3.05) is 13.2 Å². The summed E-state index contributed by atoms with van der Waals surface area (Å²) in [6, 6.07) is -1.73. The van der Waals surface area contributed by atoms with E-state index in [1.165, 1.54) is 0 Å². The molecule has 1 heterocycles. The van der Waals surface area contributed by atoms with E-state index in [9.17, 15) is 19.2 Å². The third kappa shape index (κ3) is 6.99. The van der Waals surface area contributed by atoms with Crippen molar-refractivity contribution in [2.45, 2.75) is 78.8 Å². The molecular formula is C22H37N3O5. The summed E-state index contributed by atoms with van der Waals surface area (Å²) < 4.78 is 5.22. The van der Waals surface area contributed by atoms with Gasteiger partial charge in [0.25, 0.3) is 5.91 Å². The maximum Gasteiger partial charge on any atom is 0.407 e. The van der Waals surface area contributed by atoms with E-state index >= 15 is 0 Å². The lowest BCUT2D eigenvalue weighted by Crippen LogP contribution is -2.57. The van der Waals surface area contributed by atoms with Crippen LogP contribution in [-0.4, -0.2) is 48.9 Å². The van der Waals surface area contributed by atoms with Gasteiger partial charge in [-0.15, -0.1) is 0 Å². The van der Waals surface area contributed by atoms with Gasteiger partial charge in [0.15, 0.2) is 0 Å². The summed E-state index contributed by atoms with van der Waals surface area (Å²) in [5, 5.41) is 8.08. The monoisotopic (exact) mass is 423 g/mol. The lowest BCUT2D eigenvalue weighted by molar-refractivity contribution is -0.141. The van der Waals surface area contributed by atoms with Gasteiger partial charge in [0, 0.05) is 6.54 Å². The number of ether oxygens (including phenoxy) is 1. The molecule has 0 spiro atoms. The number of amides is 3. The molecule has 2 rings (SSSR count). The fourth-order valence-electron chi connectivity index (χ4n) is 4.14. The minimum absolute atomic E-state index is 0.0651. The topological polar surface area (TPSA) is 114 Å². The van der Waals surface area contributed by atoms with Crippen LogP contribution in [0.1, 0.15) is 66.7 Å². The Hall–Kier alpha value is -2.12. The van der Waals surface area contributed by atoms with Crippen LogP contribution in [0.4, 0.5) is 4.79 Å². The van der Waals surface area contributed by atoms with Crippen LogP contribution in [0.3, 0.4) is 0 Å². The average Bonchev–Trinajstić information content (AvgIpc) is 2.69. The zero-order chi connectivity index (χ0) is 22.5. The number of fused-ring (bicyclic) bond motifs is 2. The smallest absolute Gasteiger partial charge is 0.407 e. The van der Waals surface area contributed by atoms with Gasteiger partial charge in [-0.25, -0.2) is 4.79 Å². The number of alkyl carbamates (subject to hydrolysis) is 1. The van der Waals surface area contributed by atoms with Crippen LogP contribution in [-0.2, 0) is 19.1 Å². The quantitative estimate of drug-likeness (QED) is 0.587. The highest BCUT2D eigenvalue weighted by molar-refractivity contribution is 6.38. The predicted molar refractivity (Wildman–Crippen MR) is 113 cm³/mol. The first kappa shape index (κ1) is 24.2. The van der Waals surface area contributed by atoms with Crippen molar-refractivity contribution in [1.29, 1.82) is 0 Å². The molecule has 8 heteroatoms. The van der Waals surface area contributed by atoms with Crippen LogP contribution >= 0.6 is 0 Å². The maximum atomic E-state index is 13.0. The largest absolute Gasteiger partial charge is 0.449 e. The lowest BCUT2D eigenvalue weighted by Gasteiger charge is -2.34. The van der Waals surface area contributed by atoms with Crippen LogP contribution in [0, 0.1) is 23.2 Å². The Bertz CT molecular complexity index is 656. The van der Waals surface area contributed by atoms with Crippen LogP contribution < -0.4 is 16.0 Å². The summed E-state index contributed by atoms with van der Waals surface area (Å²) in [5.74, 6) is -1.55. The zero-order valence-electron chi connectivity index (χ0n) is 18.9. The van der Waals surface area contributed by atoms with E-state index in [4.69, 9.17) is 4.74 Å². The highest BCUT2D eigenvalue weighted by Gasteiger charge is 2.39. The SMILES string of the molecule is CC(C)C(NC(=O)OCC(C)(C)C)C(=O)NC1C(=O)C(=O)NCCC2CCCC1C2. The van der Waals surface area contributed by atoms with Gasteiger partial charge in [-0.2, -0.15) is 0 Å². The van der Waals surface area contributed by atoms with Crippen molar-refractivity contribution < 1.29 is 23.9 Å². The molecule has 2 bridgehead atoms. The molecule has 0 aromatic carbocycles. The van der Waals surface area contributed by atoms with Gasteiger partial charge in [-0.1, -0.05) is 47.5 Å². The molecule has 4 unspecified atom stereocenters. The number of nitrogens with one attached hydrogen (secondary N) is 3. The zero-order valence-corrected chi connectivity index (χ0v) is 18.9. The van der Waals surface area contributed by atoms with Gasteiger partial charge >= 0.3 is 6.09 Å². The first-order valence-electron chi connectivity index (χ1n) is 11.0. The molecule has 3 N–H and O–H groups in total. The van der Waals surface area contributed by atoms with Gasteiger partial charge in [0.1, 0.15) is 12.1 Å². The molecule has 2 fully saturated rings. The van der Waals surface area contributed by atoms with Crippen LogP contribution in [0.5, 0.6) is 0 Å². The summed E-state index contributed by atoms with van der Waals surface area (Å²) in [5.41, 5.74) is -0.193. The van der Waals surface area contributed by atoms with Crippen LogP contribution in [0.25, 0.3) is 0 Å². The van der Waals surface area contributed by atoms with Gasteiger partial charge in [-0.05, 0) is 42.4 Å². The normalized spacial score (nSPS) is 26.0. The summed E-state index contributed by atoms with van der Waals surface area (Å²) in [4.78, 5) is 50.2. The van der Waals surface area contributed by atoms with Crippen LogP contribution in [0.15, 0.2) is 0 Å². The molecule has 8 nitrogen and oxygen atoms in total. The van der Waals surface area contributed by atoms with E-state index in [1.807, 2.05) is 34.6 Å². The minimum atomic E-state index is -0.868. The van der Waals surface area contributed by atoms with Crippen molar-refractivity contribution in [3.63, 3.8) is 0 Å². The number of hydrogen-bond acceptors (Lipinski definition) is 5. The van der Waals surface area contributed by atoms with Gasteiger partial charge < -0.3 is 20.7 Å². The van der Waals surface area contributed by atoms with Gasteiger partial charge in [-0.3, -0.25) is 14.4 Å². The summed E-state index contributed by atoms with van der Waals surface area (Å²) in [6.07, 6.45) is 3.86. The van der Waals surface area contributed by atoms with E-state index in [2.05, 4.69) is 16.0 Å². The number of rotatable bonds is 5. The predicted octanol–water partition coefficient (Wildman–Crippen LogP) is 2.16. The maximum absolute atomic E-state index is 13.0. The van der Waals surface area contributed by atoms with Gasteiger partial charge in [0.2, 0.25) is 11.7 Å². The molecule has 3 amide bonds. The molecule has 170 valence electrons. The van der Waals surface area contributed by atoms with E-state index in [-0.39, 0.29) is 23.9 Å². The fourth-order valence-corrected chi connectivity index (χ4v) is 4.14. The second-order valence-electron chi connectivity index (χ2n) is 10.2. The Morgan fingerprint density at radius 3 is 2.50 bits per heavy atom. The second-order valence-corrected chi connectivity index (χ2v) is 10.2. The van der Waals surface area contributed by atoms with Crippen molar-refractivity contribution in [1.82, 2.24) is 16.0 Å². The van der Waals surface area contributed by atoms with Crippen molar-refractivity contribution >= 4 is 23.7 Å². The molecule has 1 saturated heterocycles. The molecule has 1 saturated carbocycles.